The Hall–Kier alpha value is -1.12. The number of carbonyl (C=O) groups is 2. The summed E-state index contributed by atoms with van der Waals surface area (Å²) in [6.45, 7) is 0. The van der Waals surface area contributed by atoms with Gasteiger partial charge in [-0.15, -0.1) is 0 Å². The quantitative estimate of drug-likeness (QED) is 0.501. The molecular weight excluding hydrogens is 142 g/mol. The van der Waals surface area contributed by atoms with Crippen molar-refractivity contribution in [2.45, 2.75) is 24.8 Å². The van der Waals surface area contributed by atoms with Crippen LogP contribution in [0.2, 0.25) is 0 Å². The average Bonchev–Trinajstić information content (AvgIpc) is 1.92. The van der Waals surface area contributed by atoms with Crippen LogP contribution in [0.3, 0.4) is 0 Å². The van der Waals surface area contributed by atoms with Gasteiger partial charge < -0.3 is 5.32 Å². The second-order valence-electron chi connectivity index (χ2n) is 3.18. The molecule has 1 aliphatic carbocycles. The fourth-order valence-corrected chi connectivity index (χ4v) is 1.56. The third-order valence-corrected chi connectivity index (χ3v) is 2.27. The summed E-state index contributed by atoms with van der Waals surface area (Å²) in [5.41, 5.74) is -0.148. The van der Waals surface area contributed by atoms with Crippen LogP contribution in [-0.4, -0.2) is 17.2 Å². The summed E-state index contributed by atoms with van der Waals surface area (Å²) in [4.78, 5) is 21.4. The summed E-state index contributed by atoms with van der Waals surface area (Å²) in [5, 5.41) is 2.80. The molecule has 0 radical (unpaired) electrons. The number of β-lactam (4-membered cyclic amide) rings is 1. The van der Waals surface area contributed by atoms with Crippen molar-refractivity contribution in [2.24, 2.45) is 0 Å². The van der Waals surface area contributed by atoms with E-state index in [9.17, 15) is 9.59 Å². The second-order valence-corrected chi connectivity index (χ2v) is 3.18. The Morgan fingerprint density at radius 3 is 2.64 bits per heavy atom. The predicted octanol–water partition coefficient (Wildman–Crippen LogP) is 0.164. The molecule has 0 aromatic heterocycles. The Morgan fingerprint density at radius 2 is 2.18 bits per heavy atom. The smallest absolute Gasteiger partial charge is 0.223 e. The lowest BCUT2D eigenvalue weighted by Crippen LogP contribution is -2.60. The van der Waals surface area contributed by atoms with E-state index < -0.39 is 0 Å². The Kier molecular flexibility index (Phi) is 1.16. The molecule has 58 valence electrons. The molecular formula is C8H9NO2. The van der Waals surface area contributed by atoms with Crippen LogP contribution >= 0.6 is 0 Å². The molecule has 2 aliphatic rings. The lowest BCUT2D eigenvalue weighted by atomic mass is 9.79. The number of hydrogen-bond acceptors (Lipinski definition) is 2. The summed E-state index contributed by atoms with van der Waals surface area (Å²) < 4.78 is 0. The first-order chi connectivity index (χ1) is 5.20. The molecule has 3 heteroatoms. The maximum Gasteiger partial charge on any atom is 0.223 e. The number of allylic oxidation sites excluding steroid dienone is 1. The number of amides is 1. The first kappa shape index (κ1) is 6.58. The van der Waals surface area contributed by atoms with Gasteiger partial charge in [-0.25, -0.2) is 0 Å². The highest BCUT2D eigenvalue weighted by molar-refractivity contribution is 5.93. The normalized spacial score (nSPS) is 35.3. The lowest BCUT2D eigenvalue weighted by molar-refractivity contribution is -0.132. The molecule has 1 saturated heterocycles. The van der Waals surface area contributed by atoms with E-state index in [1.807, 2.05) is 6.08 Å². The monoisotopic (exact) mass is 151 g/mol. The van der Waals surface area contributed by atoms with Gasteiger partial charge in [-0.05, 0) is 12.5 Å². The molecule has 1 fully saturated rings. The number of carbonyl (C=O) groups excluding carboxylic acids is 2. The molecule has 2 rings (SSSR count). The van der Waals surface area contributed by atoms with Gasteiger partial charge in [0.05, 0.1) is 12.0 Å². The zero-order valence-corrected chi connectivity index (χ0v) is 6.09. The van der Waals surface area contributed by atoms with Crippen molar-refractivity contribution in [3.8, 4) is 0 Å². The largest absolute Gasteiger partial charge is 0.347 e. The van der Waals surface area contributed by atoms with E-state index in [0.29, 0.717) is 12.8 Å². The van der Waals surface area contributed by atoms with Gasteiger partial charge in [0.15, 0.2) is 5.78 Å². The van der Waals surface area contributed by atoms with E-state index in [-0.39, 0.29) is 17.2 Å². The molecule has 1 aliphatic heterocycles. The molecule has 1 atom stereocenters. The van der Waals surface area contributed by atoms with Crippen molar-refractivity contribution in [1.82, 2.24) is 5.32 Å². The van der Waals surface area contributed by atoms with Gasteiger partial charge in [0.1, 0.15) is 0 Å². The Bertz CT molecular complexity index is 247. The Balaban J connectivity index is 2.13. The van der Waals surface area contributed by atoms with Crippen molar-refractivity contribution in [2.75, 3.05) is 0 Å². The molecule has 0 saturated carbocycles. The Labute approximate surface area is 64.5 Å². The highest BCUT2D eigenvalue weighted by atomic mass is 16.2. The third kappa shape index (κ3) is 0.964. The minimum atomic E-state index is -0.148. The van der Waals surface area contributed by atoms with Gasteiger partial charge in [-0.1, -0.05) is 6.08 Å². The van der Waals surface area contributed by atoms with E-state index in [1.165, 1.54) is 0 Å². The van der Waals surface area contributed by atoms with E-state index in [0.717, 1.165) is 6.42 Å². The molecule has 1 amide bonds. The van der Waals surface area contributed by atoms with Crippen molar-refractivity contribution in [3.05, 3.63) is 12.2 Å². The van der Waals surface area contributed by atoms with Crippen LogP contribution in [0.25, 0.3) is 0 Å². The Morgan fingerprint density at radius 1 is 1.45 bits per heavy atom. The van der Waals surface area contributed by atoms with Gasteiger partial charge in [0.25, 0.3) is 0 Å². The average molecular weight is 151 g/mol. The van der Waals surface area contributed by atoms with E-state index in [4.69, 9.17) is 0 Å². The van der Waals surface area contributed by atoms with Crippen molar-refractivity contribution in [3.63, 3.8) is 0 Å². The van der Waals surface area contributed by atoms with Gasteiger partial charge in [0.2, 0.25) is 5.91 Å². The maximum atomic E-state index is 10.8. The molecule has 1 spiro atoms. The molecule has 1 N–H and O–H groups in total. The zero-order chi connectivity index (χ0) is 7.90. The highest BCUT2D eigenvalue weighted by Crippen LogP contribution is 2.30. The number of hydrogen-bond donors (Lipinski definition) is 1. The van der Waals surface area contributed by atoms with Gasteiger partial charge in [-0.3, -0.25) is 9.59 Å². The summed E-state index contributed by atoms with van der Waals surface area (Å²) in [5.74, 6) is 0.251. The van der Waals surface area contributed by atoms with Crippen molar-refractivity contribution in [1.29, 1.82) is 0 Å². The minimum absolute atomic E-state index is 0.0870. The number of ketones is 1. The molecule has 1 unspecified atom stereocenters. The highest BCUT2D eigenvalue weighted by Gasteiger charge is 2.41. The van der Waals surface area contributed by atoms with Crippen LogP contribution in [0.5, 0.6) is 0 Å². The molecule has 1 heterocycles. The van der Waals surface area contributed by atoms with Crippen LogP contribution in [0.4, 0.5) is 0 Å². The fraction of sp³-hybridized carbons (Fsp3) is 0.500. The van der Waals surface area contributed by atoms with Gasteiger partial charge in [-0.2, -0.15) is 0 Å². The molecule has 0 aromatic carbocycles. The van der Waals surface area contributed by atoms with Crippen molar-refractivity contribution >= 4 is 11.7 Å². The standard InChI is InChI=1S/C8H9NO2/c10-6-1-3-8(4-2-6)5-7(11)9-8/h1,3H,2,4-5H2,(H,9,11). The van der Waals surface area contributed by atoms with Crippen LogP contribution in [-0.2, 0) is 9.59 Å². The lowest BCUT2D eigenvalue weighted by Gasteiger charge is -2.41. The summed E-state index contributed by atoms with van der Waals surface area (Å²) in [6, 6.07) is 0. The third-order valence-electron chi connectivity index (χ3n) is 2.27. The van der Waals surface area contributed by atoms with Crippen LogP contribution in [0, 0.1) is 0 Å². The van der Waals surface area contributed by atoms with E-state index >= 15 is 0 Å². The minimum Gasteiger partial charge on any atom is -0.347 e. The van der Waals surface area contributed by atoms with Crippen LogP contribution < -0.4 is 5.32 Å². The van der Waals surface area contributed by atoms with E-state index in [2.05, 4.69) is 5.32 Å². The maximum absolute atomic E-state index is 10.8. The summed E-state index contributed by atoms with van der Waals surface area (Å²) in [7, 11) is 0. The summed E-state index contributed by atoms with van der Waals surface area (Å²) >= 11 is 0. The van der Waals surface area contributed by atoms with Gasteiger partial charge >= 0.3 is 0 Å². The molecule has 0 bridgehead atoms. The summed E-state index contributed by atoms with van der Waals surface area (Å²) in [6.07, 6.45) is 5.28. The number of nitrogens with one attached hydrogen (secondary N) is 1. The molecule has 0 aromatic rings. The van der Waals surface area contributed by atoms with E-state index in [1.54, 1.807) is 6.08 Å². The topological polar surface area (TPSA) is 46.2 Å². The van der Waals surface area contributed by atoms with Gasteiger partial charge in [0, 0.05) is 6.42 Å². The first-order valence-electron chi connectivity index (χ1n) is 3.73. The first-order valence-corrected chi connectivity index (χ1v) is 3.73. The molecule has 11 heavy (non-hydrogen) atoms. The number of rotatable bonds is 0. The zero-order valence-electron chi connectivity index (χ0n) is 6.09. The van der Waals surface area contributed by atoms with Crippen LogP contribution in [0.15, 0.2) is 12.2 Å². The molecule has 3 nitrogen and oxygen atoms in total. The second kappa shape index (κ2) is 1.94. The fourth-order valence-electron chi connectivity index (χ4n) is 1.56. The predicted molar refractivity (Wildman–Crippen MR) is 38.9 cm³/mol. The van der Waals surface area contributed by atoms with Crippen molar-refractivity contribution < 1.29 is 9.59 Å². The SMILES string of the molecule is O=C1C=CC2(CC1)CC(=O)N2. The van der Waals surface area contributed by atoms with Crippen LogP contribution in [0.1, 0.15) is 19.3 Å².